The summed E-state index contributed by atoms with van der Waals surface area (Å²) >= 11 is 0. The second-order valence-corrected chi connectivity index (χ2v) is 5.12. The molecule has 1 aromatic heterocycles. The van der Waals surface area contributed by atoms with Crippen molar-refractivity contribution in [2.75, 3.05) is 17.2 Å². The average molecular weight is 283 g/mol. The number of rotatable bonds is 5. The van der Waals surface area contributed by atoms with Crippen molar-refractivity contribution in [2.24, 2.45) is 0 Å². The SMILES string of the molecule is CCCNc1ccc(C)cc1C(=O)Nc1ccc(C)nc1. The van der Waals surface area contributed by atoms with Gasteiger partial charge in [-0.25, -0.2) is 0 Å². The number of pyridine rings is 1. The Labute approximate surface area is 125 Å². The zero-order valence-electron chi connectivity index (χ0n) is 12.7. The smallest absolute Gasteiger partial charge is 0.257 e. The highest BCUT2D eigenvalue weighted by Crippen LogP contribution is 2.19. The van der Waals surface area contributed by atoms with E-state index in [1.54, 1.807) is 6.20 Å². The molecule has 0 spiro atoms. The first-order valence-electron chi connectivity index (χ1n) is 7.18. The molecule has 2 rings (SSSR count). The lowest BCUT2D eigenvalue weighted by atomic mass is 10.1. The predicted molar refractivity (Wildman–Crippen MR) is 86.9 cm³/mol. The van der Waals surface area contributed by atoms with Gasteiger partial charge in [-0.15, -0.1) is 0 Å². The lowest BCUT2D eigenvalue weighted by Crippen LogP contribution is -2.15. The Morgan fingerprint density at radius 2 is 2.00 bits per heavy atom. The van der Waals surface area contributed by atoms with Crippen LogP contribution in [0.5, 0.6) is 0 Å². The molecule has 4 nitrogen and oxygen atoms in total. The van der Waals surface area contributed by atoms with Gasteiger partial charge in [0.1, 0.15) is 0 Å². The Kier molecular flexibility index (Phi) is 4.93. The van der Waals surface area contributed by atoms with E-state index < -0.39 is 0 Å². The van der Waals surface area contributed by atoms with Crippen LogP contribution in [0, 0.1) is 13.8 Å². The highest BCUT2D eigenvalue weighted by Gasteiger charge is 2.12. The van der Waals surface area contributed by atoms with Crippen LogP contribution < -0.4 is 10.6 Å². The molecule has 4 heteroatoms. The predicted octanol–water partition coefficient (Wildman–Crippen LogP) is 3.77. The first kappa shape index (κ1) is 15.0. The van der Waals surface area contributed by atoms with Crippen LogP contribution in [0.2, 0.25) is 0 Å². The van der Waals surface area contributed by atoms with Gasteiger partial charge in [-0.05, 0) is 44.5 Å². The summed E-state index contributed by atoms with van der Waals surface area (Å²) in [6, 6.07) is 9.59. The molecule has 1 aromatic carbocycles. The van der Waals surface area contributed by atoms with E-state index in [0.29, 0.717) is 11.3 Å². The van der Waals surface area contributed by atoms with Gasteiger partial charge in [0.2, 0.25) is 0 Å². The fourth-order valence-electron chi connectivity index (χ4n) is 2.00. The molecule has 0 saturated carbocycles. The van der Waals surface area contributed by atoms with Gasteiger partial charge < -0.3 is 10.6 Å². The Morgan fingerprint density at radius 1 is 1.19 bits per heavy atom. The number of hydrogen-bond acceptors (Lipinski definition) is 3. The largest absolute Gasteiger partial charge is 0.384 e. The van der Waals surface area contributed by atoms with Gasteiger partial charge in [0.25, 0.3) is 5.91 Å². The number of benzene rings is 1. The van der Waals surface area contributed by atoms with Crippen LogP contribution in [-0.2, 0) is 0 Å². The van der Waals surface area contributed by atoms with E-state index in [9.17, 15) is 4.79 Å². The molecular weight excluding hydrogens is 262 g/mol. The number of nitrogens with zero attached hydrogens (tertiary/aromatic N) is 1. The van der Waals surface area contributed by atoms with E-state index in [-0.39, 0.29) is 5.91 Å². The highest BCUT2D eigenvalue weighted by atomic mass is 16.1. The van der Waals surface area contributed by atoms with Crippen LogP contribution in [0.3, 0.4) is 0 Å². The molecule has 2 aromatic rings. The van der Waals surface area contributed by atoms with Crippen LogP contribution in [0.4, 0.5) is 11.4 Å². The summed E-state index contributed by atoms with van der Waals surface area (Å²) in [5.41, 5.74) is 4.20. The van der Waals surface area contributed by atoms with E-state index in [4.69, 9.17) is 0 Å². The van der Waals surface area contributed by atoms with Crippen molar-refractivity contribution in [3.05, 3.63) is 53.3 Å². The molecule has 1 amide bonds. The quantitative estimate of drug-likeness (QED) is 0.878. The molecule has 0 radical (unpaired) electrons. The number of nitrogens with one attached hydrogen (secondary N) is 2. The maximum Gasteiger partial charge on any atom is 0.257 e. The van der Waals surface area contributed by atoms with Crippen LogP contribution >= 0.6 is 0 Å². The first-order chi connectivity index (χ1) is 10.1. The van der Waals surface area contributed by atoms with E-state index in [1.165, 1.54) is 0 Å². The van der Waals surface area contributed by atoms with Gasteiger partial charge in [-0.3, -0.25) is 9.78 Å². The monoisotopic (exact) mass is 283 g/mol. The lowest BCUT2D eigenvalue weighted by Gasteiger charge is -2.12. The summed E-state index contributed by atoms with van der Waals surface area (Å²) in [5.74, 6) is -0.122. The fourth-order valence-corrected chi connectivity index (χ4v) is 2.00. The van der Waals surface area contributed by atoms with Crippen LogP contribution in [0.15, 0.2) is 36.5 Å². The number of aromatic nitrogens is 1. The normalized spacial score (nSPS) is 10.2. The van der Waals surface area contributed by atoms with E-state index >= 15 is 0 Å². The summed E-state index contributed by atoms with van der Waals surface area (Å²) in [5, 5.41) is 6.18. The second kappa shape index (κ2) is 6.88. The molecule has 0 bridgehead atoms. The number of aryl methyl sites for hydroxylation is 2. The maximum absolute atomic E-state index is 12.5. The standard InChI is InChI=1S/C17H21N3O/c1-4-9-18-16-8-5-12(2)10-15(16)17(21)20-14-7-6-13(3)19-11-14/h5-8,10-11,18H,4,9H2,1-3H3,(H,20,21). The second-order valence-electron chi connectivity index (χ2n) is 5.12. The number of hydrogen-bond donors (Lipinski definition) is 2. The van der Waals surface area contributed by atoms with Gasteiger partial charge in [0, 0.05) is 17.9 Å². The topological polar surface area (TPSA) is 54.0 Å². The van der Waals surface area contributed by atoms with Crippen molar-refractivity contribution in [3.8, 4) is 0 Å². The van der Waals surface area contributed by atoms with Gasteiger partial charge in [0.15, 0.2) is 0 Å². The van der Waals surface area contributed by atoms with Crippen molar-refractivity contribution in [3.63, 3.8) is 0 Å². The highest BCUT2D eigenvalue weighted by molar-refractivity contribution is 6.08. The Morgan fingerprint density at radius 3 is 2.67 bits per heavy atom. The number of anilines is 2. The molecule has 0 fully saturated rings. The van der Waals surface area contributed by atoms with Crippen molar-refractivity contribution in [2.45, 2.75) is 27.2 Å². The Balaban J connectivity index is 2.20. The average Bonchev–Trinajstić information content (AvgIpc) is 2.48. The van der Waals surface area contributed by atoms with Crippen molar-refractivity contribution >= 4 is 17.3 Å². The fraction of sp³-hybridized carbons (Fsp3) is 0.294. The van der Waals surface area contributed by atoms with Crippen LogP contribution in [0.1, 0.15) is 35.0 Å². The molecule has 0 aliphatic rings. The third kappa shape index (κ3) is 4.05. The molecular formula is C17H21N3O. The third-order valence-electron chi connectivity index (χ3n) is 3.15. The minimum absolute atomic E-state index is 0.122. The minimum atomic E-state index is -0.122. The van der Waals surface area contributed by atoms with Crippen molar-refractivity contribution < 1.29 is 4.79 Å². The molecule has 21 heavy (non-hydrogen) atoms. The Hall–Kier alpha value is -2.36. The summed E-state index contributed by atoms with van der Waals surface area (Å²) in [7, 11) is 0. The zero-order chi connectivity index (χ0) is 15.2. The van der Waals surface area contributed by atoms with E-state index in [1.807, 2.05) is 44.2 Å². The van der Waals surface area contributed by atoms with Crippen LogP contribution in [0.25, 0.3) is 0 Å². The van der Waals surface area contributed by atoms with Crippen molar-refractivity contribution in [1.82, 2.24) is 4.98 Å². The maximum atomic E-state index is 12.5. The number of carbonyl (C=O) groups is 1. The van der Waals surface area contributed by atoms with E-state index in [2.05, 4.69) is 22.5 Å². The van der Waals surface area contributed by atoms with Crippen LogP contribution in [-0.4, -0.2) is 17.4 Å². The minimum Gasteiger partial charge on any atom is -0.384 e. The molecule has 0 atom stereocenters. The van der Waals surface area contributed by atoms with Gasteiger partial charge in [0.05, 0.1) is 17.4 Å². The summed E-state index contributed by atoms with van der Waals surface area (Å²) in [6.45, 7) is 6.83. The first-order valence-corrected chi connectivity index (χ1v) is 7.18. The van der Waals surface area contributed by atoms with Gasteiger partial charge >= 0.3 is 0 Å². The molecule has 0 aliphatic heterocycles. The van der Waals surface area contributed by atoms with Gasteiger partial charge in [-0.1, -0.05) is 18.6 Å². The summed E-state index contributed by atoms with van der Waals surface area (Å²) in [4.78, 5) is 16.6. The molecule has 110 valence electrons. The number of carbonyl (C=O) groups excluding carboxylic acids is 1. The van der Waals surface area contributed by atoms with Crippen molar-refractivity contribution in [1.29, 1.82) is 0 Å². The molecule has 0 aliphatic carbocycles. The molecule has 2 N–H and O–H groups in total. The van der Waals surface area contributed by atoms with Gasteiger partial charge in [-0.2, -0.15) is 0 Å². The summed E-state index contributed by atoms with van der Waals surface area (Å²) in [6.07, 6.45) is 2.68. The lowest BCUT2D eigenvalue weighted by molar-refractivity contribution is 0.102. The molecule has 0 saturated heterocycles. The third-order valence-corrected chi connectivity index (χ3v) is 3.15. The summed E-state index contributed by atoms with van der Waals surface area (Å²) < 4.78 is 0. The number of amides is 1. The molecule has 0 unspecified atom stereocenters. The Bertz CT molecular complexity index is 620. The van der Waals surface area contributed by atoms with E-state index in [0.717, 1.165) is 29.9 Å². The molecule has 1 heterocycles. The zero-order valence-corrected chi connectivity index (χ0v) is 12.7.